The number of hydrogen-bond acceptors (Lipinski definition) is 5. The molecule has 1 aromatic heterocycles. The molecule has 17 heavy (non-hydrogen) atoms. The zero-order valence-electron chi connectivity index (χ0n) is 8.90. The lowest BCUT2D eigenvalue weighted by atomic mass is 9.89. The van der Waals surface area contributed by atoms with Crippen molar-refractivity contribution in [1.82, 2.24) is 10.3 Å². The van der Waals surface area contributed by atoms with Crippen molar-refractivity contribution in [1.29, 1.82) is 0 Å². The highest BCUT2D eigenvalue weighted by atomic mass is 79.9. The number of ketones is 2. The van der Waals surface area contributed by atoms with Crippen LogP contribution >= 0.6 is 27.3 Å². The molecule has 1 aliphatic heterocycles. The molecule has 1 fully saturated rings. The third kappa shape index (κ3) is 2.30. The zero-order valence-corrected chi connectivity index (χ0v) is 11.3. The summed E-state index contributed by atoms with van der Waals surface area (Å²) in [6.45, 7) is 1.25. The fourth-order valence-corrected chi connectivity index (χ4v) is 3.02. The first-order valence-electron chi connectivity index (χ1n) is 4.93. The Morgan fingerprint density at radius 3 is 2.76 bits per heavy atom. The van der Waals surface area contributed by atoms with Crippen molar-refractivity contribution in [2.75, 3.05) is 0 Å². The predicted molar refractivity (Wildman–Crippen MR) is 64.5 cm³/mol. The van der Waals surface area contributed by atoms with Crippen LogP contribution in [0.4, 0.5) is 0 Å². The van der Waals surface area contributed by atoms with Crippen LogP contribution in [-0.4, -0.2) is 22.5 Å². The van der Waals surface area contributed by atoms with Crippen LogP contribution < -0.4 is 5.32 Å². The molecule has 2 heterocycles. The summed E-state index contributed by atoms with van der Waals surface area (Å²) < 4.78 is 0.789. The standard InChI is InChI=1S/C10H9BrN2O3S/c1-4(14)7-6(15)2-5(13-10(7)16)8-9(11)17-3-12-8/h3,5,7H,2H2,1H3,(H,13,16)/t5-,7?/m1/s1. The minimum Gasteiger partial charge on any atom is -0.346 e. The van der Waals surface area contributed by atoms with E-state index >= 15 is 0 Å². The number of halogens is 1. The third-order valence-electron chi connectivity index (χ3n) is 2.59. The van der Waals surface area contributed by atoms with Gasteiger partial charge in [0.1, 0.15) is 5.78 Å². The maximum Gasteiger partial charge on any atom is 0.238 e. The minimum absolute atomic E-state index is 0.109. The largest absolute Gasteiger partial charge is 0.346 e. The second-order valence-electron chi connectivity index (χ2n) is 3.79. The molecule has 0 bridgehead atoms. The van der Waals surface area contributed by atoms with E-state index in [0.29, 0.717) is 5.69 Å². The molecule has 7 heteroatoms. The van der Waals surface area contributed by atoms with Crippen molar-refractivity contribution in [3.63, 3.8) is 0 Å². The second-order valence-corrected chi connectivity index (χ2v) is 5.96. The summed E-state index contributed by atoms with van der Waals surface area (Å²) in [6.07, 6.45) is 0.109. The third-order valence-corrected chi connectivity index (χ3v) is 4.19. The van der Waals surface area contributed by atoms with Gasteiger partial charge in [0.25, 0.3) is 0 Å². The molecule has 0 aliphatic carbocycles. The lowest BCUT2D eigenvalue weighted by Gasteiger charge is -2.26. The predicted octanol–water partition coefficient (Wildman–Crippen LogP) is 1.24. The van der Waals surface area contributed by atoms with Gasteiger partial charge in [0.2, 0.25) is 5.91 Å². The van der Waals surface area contributed by atoms with Gasteiger partial charge in [-0.15, -0.1) is 11.3 Å². The van der Waals surface area contributed by atoms with Crippen LogP contribution in [0.3, 0.4) is 0 Å². The van der Waals surface area contributed by atoms with E-state index in [1.54, 1.807) is 5.51 Å². The zero-order chi connectivity index (χ0) is 12.6. The van der Waals surface area contributed by atoms with Crippen LogP contribution in [-0.2, 0) is 14.4 Å². The summed E-state index contributed by atoms with van der Waals surface area (Å²) in [4.78, 5) is 38.7. The van der Waals surface area contributed by atoms with Gasteiger partial charge in [0.15, 0.2) is 11.7 Å². The van der Waals surface area contributed by atoms with E-state index in [1.165, 1.54) is 18.3 Å². The summed E-state index contributed by atoms with van der Waals surface area (Å²) >= 11 is 4.70. The Labute approximate surface area is 110 Å². The molecule has 5 nitrogen and oxygen atoms in total. The van der Waals surface area contributed by atoms with Crippen LogP contribution in [0.1, 0.15) is 25.1 Å². The SMILES string of the molecule is CC(=O)C1C(=O)C[C@H](c2ncsc2Br)NC1=O. The number of Topliss-reactive ketones (excluding diaryl/α,β-unsaturated/α-hetero) is 2. The molecule has 0 radical (unpaired) electrons. The Kier molecular flexibility index (Phi) is 3.39. The van der Waals surface area contributed by atoms with Gasteiger partial charge >= 0.3 is 0 Å². The molecule has 1 N–H and O–H groups in total. The fraction of sp³-hybridized carbons (Fsp3) is 0.400. The van der Waals surface area contributed by atoms with Crippen LogP contribution in [0.2, 0.25) is 0 Å². The van der Waals surface area contributed by atoms with Gasteiger partial charge in [0, 0.05) is 6.42 Å². The number of nitrogens with one attached hydrogen (secondary N) is 1. The quantitative estimate of drug-likeness (QED) is 0.833. The monoisotopic (exact) mass is 316 g/mol. The molecule has 1 saturated heterocycles. The molecule has 1 aliphatic rings. The van der Waals surface area contributed by atoms with Crippen molar-refractivity contribution in [2.45, 2.75) is 19.4 Å². The molecule has 1 aromatic rings. The van der Waals surface area contributed by atoms with Crippen molar-refractivity contribution in [3.8, 4) is 0 Å². The van der Waals surface area contributed by atoms with E-state index in [2.05, 4.69) is 26.2 Å². The van der Waals surface area contributed by atoms with Crippen molar-refractivity contribution in [2.24, 2.45) is 5.92 Å². The van der Waals surface area contributed by atoms with E-state index in [0.717, 1.165) is 3.79 Å². The van der Waals surface area contributed by atoms with E-state index in [4.69, 9.17) is 0 Å². The maximum absolute atomic E-state index is 11.7. The van der Waals surface area contributed by atoms with E-state index < -0.39 is 23.7 Å². The second kappa shape index (κ2) is 4.66. The number of carbonyl (C=O) groups excluding carboxylic acids is 3. The molecule has 1 unspecified atom stereocenters. The molecule has 0 aromatic carbocycles. The number of thiazole rings is 1. The molecular formula is C10H9BrN2O3S. The number of piperidine rings is 1. The highest BCUT2D eigenvalue weighted by Gasteiger charge is 2.39. The number of hydrogen-bond donors (Lipinski definition) is 1. The first kappa shape index (κ1) is 12.4. The number of aromatic nitrogens is 1. The van der Waals surface area contributed by atoms with Gasteiger partial charge in [-0.3, -0.25) is 14.4 Å². The Bertz CT molecular complexity index is 481. The first-order valence-corrected chi connectivity index (χ1v) is 6.60. The van der Waals surface area contributed by atoms with Gasteiger partial charge in [-0.05, 0) is 22.9 Å². The molecule has 0 saturated carbocycles. The van der Waals surface area contributed by atoms with Gasteiger partial charge in [-0.25, -0.2) is 4.98 Å². The lowest BCUT2D eigenvalue weighted by Crippen LogP contribution is -2.47. The molecule has 2 rings (SSSR count). The van der Waals surface area contributed by atoms with Gasteiger partial charge in [-0.1, -0.05) is 0 Å². The van der Waals surface area contributed by atoms with Crippen LogP contribution in [0.15, 0.2) is 9.30 Å². The van der Waals surface area contributed by atoms with E-state index in [-0.39, 0.29) is 12.2 Å². The Hall–Kier alpha value is -1.08. The highest BCUT2D eigenvalue weighted by Crippen LogP contribution is 2.31. The molecule has 0 spiro atoms. The number of nitrogens with zero attached hydrogens (tertiary/aromatic N) is 1. The van der Waals surface area contributed by atoms with Crippen molar-refractivity contribution < 1.29 is 14.4 Å². The lowest BCUT2D eigenvalue weighted by molar-refractivity contribution is -0.143. The Morgan fingerprint density at radius 2 is 2.29 bits per heavy atom. The smallest absolute Gasteiger partial charge is 0.238 e. The topological polar surface area (TPSA) is 76.1 Å². The summed E-state index contributed by atoms with van der Waals surface area (Å²) in [7, 11) is 0. The summed E-state index contributed by atoms with van der Waals surface area (Å²) in [6, 6.07) is -0.439. The van der Waals surface area contributed by atoms with E-state index in [9.17, 15) is 14.4 Å². The van der Waals surface area contributed by atoms with Gasteiger partial charge in [0.05, 0.1) is 21.0 Å². The maximum atomic E-state index is 11.7. The molecular weight excluding hydrogens is 308 g/mol. The highest BCUT2D eigenvalue weighted by molar-refractivity contribution is 9.11. The van der Waals surface area contributed by atoms with Crippen LogP contribution in [0, 0.1) is 5.92 Å². The summed E-state index contributed by atoms with van der Waals surface area (Å²) in [5.74, 6) is -2.43. The fourth-order valence-electron chi connectivity index (χ4n) is 1.82. The average molecular weight is 317 g/mol. The van der Waals surface area contributed by atoms with Crippen molar-refractivity contribution in [3.05, 3.63) is 15.0 Å². The van der Waals surface area contributed by atoms with E-state index in [1.807, 2.05) is 0 Å². The molecule has 90 valence electrons. The normalized spacial score (nSPS) is 24.6. The minimum atomic E-state index is -1.15. The average Bonchev–Trinajstić information content (AvgIpc) is 2.62. The van der Waals surface area contributed by atoms with Crippen molar-refractivity contribution >= 4 is 44.7 Å². The Balaban J connectivity index is 2.23. The Morgan fingerprint density at radius 1 is 1.59 bits per heavy atom. The molecule has 2 atom stereocenters. The first-order chi connectivity index (χ1) is 8.00. The number of carbonyl (C=O) groups is 3. The summed E-state index contributed by atoms with van der Waals surface area (Å²) in [5.41, 5.74) is 2.27. The van der Waals surface area contributed by atoms with Crippen LogP contribution in [0.5, 0.6) is 0 Å². The number of amides is 1. The van der Waals surface area contributed by atoms with Gasteiger partial charge in [-0.2, -0.15) is 0 Å². The summed E-state index contributed by atoms with van der Waals surface area (Å²) in [5, 5.41) is 2.66. The van der Waals surface area contributed by atoms with Crippen LogP contribution in [0.25, 0.3) is 0 Å². The molecule has 1 amide bonds. The number of rotatable bonds is 2. The van der Waals surface area contributed by atoms with Gasteiger partial charge < -0.3 is 5.32 Å².